The molecule has 2 saturated carbocycles. The average molecular weight is 303 g/mol. The molecule has 0 aromatic carbocycles. The van der Waals surface area contributed by atoms with Gasteiger partial charge in [0, 0.05) is 5.41 Å². The molecule has 0 atom stereocenters. The van der Waals surface area contributed by atoms with Gasteiger partial charge in [0.25, 0.3) is 0 Å². The third-order valence-corrected chi connectivity index (χ3v) is 5.95. The number of hydrogen-bond acceptors (Lipinski definition) is 0. The molecule has 0 aliphatic heterocycles. The number of rotatable bonds is 3. The van der Waals surface area contributed by atoms with E-state index in [0.29, 0.717) is 10.8 Å². The molecule has 2 aliphatic carbocycles. The summed E-state index contributed by atoms with van der Waals surface area (Å²) in [6.45, 7) is 8.71. The maximum absolute atomic E-state index is 3.40. The molecule has 0 unspecified atom stereocenters. The van der Waals surface area contributed by atoms with Crippen molar-refractivity contribution in [2.45, 2.75) is 105 Å². The van der Waals surface area contributed by atoms with Gasteiger partial charge in [-0.3, -0.25) is 0 Å². The molecule has 0 aromatic rings. The van der Waals surface area contributed by atoms with Crippen molar-refractivity contribution >= 4 is 0 Å². The van der Waals surface area contributed by atoms with Gasteiger partial charge >= 0.3 is 0 Å². The van der Waals surface area contributed by atoms with Crippen LogP contribution in [0.25, 0.3) is 0 Å². The first-order chi connectivity index (χ1) is 10.7. The van der Waals surface area contributed by atoms with Crippen LogP contribution in [0.2, 0.25) is 0 Å². The predicted molar refractivity (Wildman–Crippen MR) is 99.9 cm³/mol. The van der Waals surface area contributed by atoms with Crippen molar-refractivity contribution in [2.75, 3.05) is 0 Å². The Labute approximate surface area is 140 Å². The molecule has 2 fully saturated rings. The minimum atomic E-state index is 0.410. The molecule has 0 amide bonds. The lowest BCUT2D eigenvalue weighted by Crippen LogP contribution is -2.20. The quantitative estimate of drug-likeness (QED) is 0.379. The van der Waals surface area contributed by atoms with E-state index in [9.17, 15) is 0 Å². The summed E-state index contributed by atoms with van der Waals surface area (Å²) in [5, 5.41) is 0. The molecular weight excluding hydrogens is 264 g/mol. The molecule has 2 rings (SSSR count). The molecule has 0 radical (unpaired) electrons. The Balaban J connectivity index is 0.000000220. The van der Waals surface area contributed by atoms with E-state index >= 15 is 0 Å². The van der Waals surface area contributed by atoms with E-state index in [-0.39, 0.29) is 0 Å². The third kappa shape index (κ3) is 5.83. The van der Waals surface area contributed by atoms with Gasteiger partial charge in [0.15, 0.2) is 0 Å². The van der Waals surface area contributed by atoms with Crippen LogP contribution in [-0.4, -0.2) is 0 Å². The molecule has 0 saturated heterocycles. The summed E-state index contributed by atoms with van der Waals surface area (Å²) >= 11 is 0. The van der Waals surface area contributed by atoms with E-state index < -0.39 is 0 Å². The zero-order chi connectivity index (χ0) is 16.3. The molecular formula is C22H38. The monoisotopic (exact) mass is 302 g/mol. The number of allylic oxidation sites excluding steroid dienone is 2. The Morgan fingerprint density at radius 3 is 1.77 bits per heavy atom. The highest BCUT2D eigenvalue weighted by atomic mass is 14.3. The first-order valence-corrected chi connectivity index (χ1v) is 9.73. The zero-order valence-electron chi connectivity index (χ0n) is 15.6. The summed E-state index contributed by atoms with van der Waals surface area (Å²) in [4.78, 5) is 0. The molecule has 2 aliphatic rings. The summed E-state index contributed by atoms with van der Waals surface area (Å²) in [6.07, 6.45) is 21.3. The smallest absolute Gasteiger partial charge is 0.0312 e. The van der Waals surface area contributed by atoms with Crippen molar-refractivity contribution in [3.05, 3.63) is 12.2 Å². The van der Waals surface area contributed by atoms with E-state index in [4.69, 9.17) is 0 Å². The summed E-state index contributed by atoms with van der Waals surface area (Å²) < 4.78 is 0. The zero-order valence-corrected chi connectivity index (χ0v) is 15.6. The van der Waals surface area contributed by atoms with Crippen LogP contribution in [0.3, 0.4) is 0 Å². The lowest BCUT2D eigenvalue weighted by molar-refractivity contribution is 0.248. The molecule has 0 aromatic heterocycles. The highest BCUT2D eigenvalue weighted by molar-refractivity contribution is 5.10. The van der Waals surface area contributed by atoms with Gasteiger partial charge in [-0.05, 0) is 57.8 Å². The van der Waals surface area contributed by atoms with Crippen LogP contribution in [0.4, 0.5) is 0 Å². The van der Waals surface area contributed by atoms with E-state index in [2.05, 4.69) is 44.8 Å². The topological polar surface area (TPSA) is 0 Å². The molecule has 0 heterocycles. The molecule has 0 nitrogen and oxygen atoms in total. The molecule has 126 valence electrons. The van der Waals surface area contributed by atoms with E-state index in [1.165, 1.54) is 77.0 Å². The van der Waals surface area contributed by atoms with Crippen LogP contribution in [-0.2, 0) is 0 Å². The fraction of sp³-hybridized carbons (Fsp3) is 0.818. The second-order valence-corrected chi connectivity index (χ2v) is 7.35. The molecule has 0 spiro atoms. The average Bonchev–Trinajstić information content (AvgIpc) is 2.58. The van der Waals surface area contributed by atoms with Crippen LogP contribution in [0.15, 0.2) is 12.2 Å². The first-order valence-electron chi connectivity index (χ1n) is 9.73. The fourth-order valence-corrected chi connectivity index (χ4v) is 4.31. The minimum absolute atomic E-state index is 0.410. The van der Waals surface area contributed by atoms with Gasteiger partial charge in [-0.2, -0.15) is 0 Å². The van der Waals surface area contributed by atoms with Crippen LogP contribution in [0, 0.1) is 22.7 Å². The lowest BCUT2D eigenvalue weighted by Gasteiger charge is -2.33. The van der Waals surface area contributed by atoms with E-state index in [1.807, 2.05) is 6.92 Å². The van der Waals surface area contributed by atoms with Crippen molar-refractivity contribution in [2.24, 2.45) is 10.8 Å². The van der Waals surface area contributed by atoms with Crippen molar-refractivity contribution in [3.8, 4) is 11.8 Å². The van der Waals surface area contributed by atoms with Crippen molar-refractivity contribution in [1.82, 2.24) is 0 Å². The Kier molecular flexibility index (Phi) is 8.92. The molecule has 0 N–H and O–H groups in total. The number of hydrogen-bond donors (Lipinski definition) is 0. The predicted octanol–water partition coefficient (Wildman–Crippen LogP) is 7.29. The Morgan fingerprint density at radius 2 is 1.36 bits per heavy atom. The molecule has 0 bridgehead atoms. The van der Waals surface area contributed by atoms with Gasteiger partial charge in [-0.15, -0.1) is 5.92 Å². The van der Waals surface area contributed by atoms with E-state index in [1.54, 1.807) is 0 Å². The van der Waals surface area contributed by atoms with Crippen molar-refractivity contribution in [3.63, 3.8) is 0 Å². The van der Waals surface area contributed by atoms with Gasteiger partial charge in [-0.1, -0.05) is 70.4 Å². The SMILES string of the molecule is C/C=C/C1(CC)CCCCC1.CC#CC1(CC)CCCCC1. The van der Waals surface area contributed by atoms with Gasteiger partial charge in [-0.25, -0.2) is 0 Å². The van der Waals surface area contributed by atoms with Crippen molar-refractivity contribution in [1.29, 1.82) is 0 Å². The Bertz CT molecular complexity index is 365. The lowest BCUT2D eigenvalue weighted by atomic mass is 9.72. The largest absolute Gasteiger partial charge is 0.106 e. The molecule has 0 heteroatoms. The van der Waals surface area contributed by atoms with E-state index in [0.717, 1.165) is 0 Å². The fourth-order valence-electron chi connectivity index (χ4n) is 4.31. The van der Waals surface area contributed by atoms with Gasteiger partial charge < -0.3 is 0 Å². The second-order valence-electron chi connectivity index (χ2n) is 7.35. The Morgan fingerprint density at radius 1 is 0.818 bits per heavy atom. The minimum Gasteiger partial charge on any atom is -0.106 e. The third-order valence-electron chi connectivity index (χ3n) is 5.95. The van der Waals surface area contributed by atoms with Gasteiger partial charge in [0.1, 0.15) is 0 Å². The second kappa shape index (κ2) is 10.1. The van der Waals surface area contributed by atoms with Crippen LogP contribution in [0.1, 0.15) is 105 Å². The summed E-state index contributed by atoms with van der Waals surface area (Å²) in [6, 6.07) is 0. The van der Waals surface area contributed by atoms with Crippen LogP contribution in [0.5, 0.6) is 0 Å². The van der Waals surface area contributed by atoms with Crippen LogP contribution < -0.4 is 0 Å². The summed E-state index contributed by atoms with van der Waals surface area (Å²) in [5.41, 5.74) is 1.00. The Hall–Kier alpha value is -0.700. The first kappa shape index (κ1) is 19.3. The van der Waals surface area contributed by atoms with Crippen LogP contribution >= 0.6 is 0 Å². The molecule has 22 heavy (non-hydrogen) atoms. The highest BCUT2D eigenvalue weighted by Gasteiger charge is 2.27. The van der Waals surface area contributed by atoms with Gasteiger partial charge in [0.2, 0.25) is 0 Å². The standard InChI is InChI=1S/C11H20.C11H18/c2*1-3-8-11(4-2)9-6-5-7-10-11/h3,8H,4-7,9-10H2,1-2H3;4-7,9-10H2,1-2H3/b8-3+;. The van der Waals surface area contributed by atoms with Gasteiger partial charge in [0.05, 0.1) is 0 Å². The normalized spacial score (nSPS) is 23.1. The summed E-state index contributed by atoms with van der Waals surface area (Å²) in [5.74, 6) is 6.48. The maximum Gasteiger partial charge on any atom is 0.0312 e. The maximum atomic E-state index is 3.40. The summed E-state index contributed by atoms with van der Waals surface area (Å²) in [7, 11) is 0. The van der Waals surface area contributed by atoms with Crippen molar-refractivity contribution < 1.29 is 0 Å². The highest BCUT2D eigenvalue weighted by Crippen LogP contribution is 2.40.